The van der Waals surface area contributed by atoms with E-state index in [1.807, 2.05) is 26.0 Å². The zero-order valence-corrected chi connectivity index (χ0v) is 19.1. The molecular weight excluding hydrogens is 436 g/mol. The maximum Gasteiger partial charge on any atom is 0.271 e. The molecule has 9 nitrogen and oxygen atoms in total. The van der Waals surface area contributed by atoms with Crippen LogP contribution in [0, 0.1) is 42.7 Å². The second-order valence-electron chi connectivity index (χ2n) is 9.87. The summed E-state index contributed by atoms with van der Waals surface area (Å²) < 4.78 is 0. The summed E-state index contributed by atoms with van der Waals surface area (Å²) in [5, 5.41) is 14.4. The van der Waals surface area contributed by atoms with E-state index in [0.717, 1.165) is 34.4 Å². The minimum atomic E-state index is -1.26. The zero-order chi connectivity index (χ0) is 24.1. The largest absolute Gasteiger partial charge is 0.324 e. The summed E-state index contributed by atoms with van der Waals surface area (Å²) >= 11 is 0. The Morgan fingerprint density at radius 3 is 2.56 bits per heavy atom. The number of non-ortho nitro benzene ring substituents is 1. The van der Waals surface area contributed by atoms with E-state index in [2.05, 4.69) is 10.2 Å². The van der Waals surface area contributed by atoms with Gasteiger partial charge in [0.2, 0.25) is 17.7 Å². The van der Waals surface area contributed by atoms with Gasteiger partial charge in [0.1, 0.15) is 5.54 Å². The number of imide groups is 1. The molecule has 4 aliphatic heterocycles. The molecule has 2 aromatic rings. The van der Waals surface area contributed by atoms with Gasteiger partial charge in [-0.1, -0.05) is 23.8 Å². The highest BCUT2D eigenvalue weighted by molar-refractivity contribution is 6.26. The molecule has 4 aliphatic rings. The van der Waals surface area contributed by atoms with Crippen molar-refractivity contribution in [2.75, 3.05) is 16.8 Å². The van der Waals surface area contributed by atoms with Crippen LogP contribution in [-0.2, 0) is 19.9 Å². The summed E-state index contributed by atoms with van der Waals surface area (Å²) in [4.78, 5) is 55.7. The van der Waals surface area contributed by atoms with Crippen molar-refractivity contribution in [2.45, 2.75) is 45.2 Å². The third-order valence-electron chi connectivity index (χ3n) is 8.09. The Hall–Kier alpha value is -3.59. The number of hydrogen-bond donors (Lipinski definition) is 1. The summed E-state index contributed by atoms with van der Waals surface area (Å²) in [7, 11) is 0. The Bertz CT molecular complexity index is 1340. The van der Waals surface area contributed by atoms with Gasteiger partial charge in [-0.15, -0.1) is 0 Å². The number of nitrogens with one attached hydrogen (secondary N) is 1. The fourth-order valence-electron chi connectivity index (χ4n) is 6.85. The molecule has 1 N–H and O–H groups in total. The molecule has 34 heavy (non-hydrogen) atoms. The van der Waals surface area contributed by atoms with Crippen LogP contribution < -0.4 is 10.2 Å². The lowest BCUT2D eigenvalue weighted by atomic mass is 9.75. The van der Waals surface area contributed by atoms with Crippen molar-refractivity contribution in [3.8, 4) is 0 Å². The average molecular weight is 460 g/mol. The number of fused-ring (bicyclic) bond motifs is 7. The van der Waals surface area contributed by atoms with Crippen LogP contribution in [-0.4, -0.2) is 40.1 Å². The molecule has 0 unspecified atom stereocenters. The molecule has 6 rings (SSSR count). The molecule has 0 aliphatic carbocycles. The monoisotopic (exact) mass is 460 g/mol. The smallest absolute Gasteiger partial charge is 0.271 e. The first-order valence-corrected chi connectivity index (χ1v) is 11.5. The lowest BCUT2D eigenvalue weighted by Gasteiger charge is -2.37. The second-order valence-corrected chi connectivity index (χ2v) is 9.87. The average Bonchev–Trinajstić information content (AvgIpc) is 3.48. The van der Waals surface area contributed by atoms with Crippen molar-refractivity contribution in [1.82, 2.24) is 4.90 Å². The minimum absolute atomic E-state index is 0.189. The van der Waals surface area contributed by atoms with Crippen LogP contribution in [0.3, 0.4) is 0 Å². The molecule has 3 fully saturated rings. The van der Waals surface area contributed by atoms with Crippen LogP contribution in [0.1, 0.15) is 35.1 Å². The SMILES string of the molecule is Cc1cc(C)c2c(c1)[C@]1(C(=O)N2)[C@@H]2C(=O)N(c3cc([N+](=O)[O-])ccc3C)C(=O)[C@@H]2[C@H]2CCCN21. The predicted molar refractivity (Wildman–Crippen MR) is 123 cm³/mol. The van der Waals surface area contributed by atoms with Gasteiger partial charge in [0, 0.05) is 29.4 Å². The van der Waals surface area contributed by atoms with E-state index in [1.54, 1.807) is 13.0 Å². The summed E-state index contributed by atoms with van der Waals surface area (Å²) in [6, 6.07) is 7.90. The maximum absolute atomic E-state index is 14.1. The standard InChI is InChI=1S/C25H24N4O5/c1-12-9-14(3)21-16(10-12)25(24(32)26-21)20-19(17-5-4-8-27(17)25)22(30)28(23(20)31)18-11-15(29(33)34)7-6-13(18)2/h6-7,9-11,17,19-20H,4-5,8H2,1-3H3,(H,26,32)/t17-,19-,20+,25-/m1/s1. The number of rotatable bonds is 2. The van der Waals surface area contributed by atoms with E-state index in [-0.39, 0.29) is 29.2 Å². The van der Waals surface area contributed by atoms with E-state index >= 15 is 0 Å². The predicted octanol–water partition coefficient (Wildman–Crippen LogP) is 2.95. The molecule has 4 atom stereocenters. The Kier molecular flexibility index (Phi) is 4.15. The number of aryl methyl sites for hydroxylation is 3. The molecule has 0 saturated carbocycles. The number of anilines is 2. The first-order chi connectivity index (χ1) is 16.2. The molecule has 3 saturated heterocycles. The molecule has 0 aromatic heterocycles. The van der Waals surface area contributed by atoms with Gasteiger partial charge in [0.25, 0.3) is 5.69 Å². The summed E-state index contributed by atoms with van der Waals surface area (Å²) in [5.41, 5.74) is 2.74. The molecule has 0 radical (unpaired) electrons. The number of hydrogen-bond acceptors (Lipinski definition) is 6. The van der Waals surface area contributed by atoms with Gasteiger partial charge in [-0.3, -0.25) is 29.4 Å². The molecular formula is C25H24N4O5. The summed E-state index contributed by atoms with van der Waals surface area (Å²) in [6.45, 7) is 6.24. The molecule has 0 bridgehead atoms. The van der Waals surface area contributed by atoms with E-state index < -0.39 is 28.2 Å². The van der Waals surface area contributed by atoms with Gasteiger partial charge in [0.15, 0.2) is 0 Å². The molecule has 4 heterocycles. The van der Waals surface area contributed by atoms with Crippen LogP contribution >= 0.6 is 0 Å². The van der Waals surface area contributed by atoms with Gasteiger partial charge in [-0.2, -0.15) is 0 Å². The van der Waals surface area contributed by atoms with Crippen molar-refractivity contribution in [3.63, 3.8) is 0 Å². The van der Waals surface area contributed by atoms with E-state index in [9.17, 15) is 24.5 Å². The Balaban J connectivity index is 1.57. The van der Waals surface area contributed by atoms with E-state index in [1.165, 1.54) is 12.1 Å². The maximum atomic E-state index is 14.1. The second kappa shape index (κ2) is 6.73. The highest BCUT2D eigenvalue weighted by Crippen LogP contribution is 2.61. The van der Waals surface area contributed by atoms with Gasteiger partial charge < -0.3 is 5.32 Å². The number of nitrogens with zero attached hydrogens (tertiary/aromatic N) is 3. The summed E-state index contributed by atoms with van der Waals surface area (Å²) in [6.07, 6.45) is 1.55. The third-order valence-corrected chi connectivity index (χ3v) is 8.09. The van der Waals surface area contributed by atoms with Gasteiger partial charge >= 0.3 is 0 Å². The van der Waals surface area contributed by atoms with E-state index in [0.29, 0.717) is 17.8 Å². The lowest BCUT2D eigenvalue weighted by Crippen LogP contribution is -2.54. The lowest BCUT2D eigenvalue weighted by molar-refractivity contribution is -0.384. The van der Waals surface area contributed by atoms with Crippen molar-refractivity contribution >= 4 is 34.8 Å². The Morgan fingerprint density at radius 2 is 1.82 bits per heavy atom. The third kappa shape index (κ3) is 2.34. The van der Waals surface area contributed by atoms with Crippen LogP contribution in [0.2, 0.25) is 0 Å². The van der Waals surface area contributed by atoms with Crippen molar-refractivity contribution in [1.29, 1.82) is 0 Å². The first kappa shape index (κ1) is 21.0. The van der Waals surface area contributed by atoms with Gasteiger partial charge in [-0.05, 0) is 51.3 Å². The number of benzene rings is 2. The normalized spacial score (nSPS) is 29.6. The fourth-order valence-corrected chi connectivity index (χ4v) is 6.85. The van der Waals surface area contributed by atoms with Gasteiger partial charge in [0.05, 0.1) is 22.4 Å². The molecule has 3 amide bonds. The highest BCUT2D eigenvalue weighted by atomic mass is 16.6. The van der Waals surface area contributed by atoms with Crippen molar-refractivity contribution < 1.29 is 19.3 Å². The summed E-state index contributed by atoms with van der Waals surface area (Å²) in [5.74, 6) is -2.67. The number of carbonyl (C=O) groups excluding carboxylic acids is 3. The van der Waals surface area contributed by atoms with Crippen LogP contribution in [0.5, 0.6) is 0 Å². The molecule has 1 spiro atoms. The van der Waals surface area contributed by atoms with Crippen LogP contribution in [0.25, 0.3) is 0 Å². The zero-order valence-electron chi connectivity index (χ0n) is 19.1. The first-order valence-electron chi connectivity index (χ1n) is 11.5. The number of amides is 3. The Morgan fingerprint density at radius 1 is 1.06 bits per heavy atom. The minimum Gasteiger partial charge on any atom is -0.324 e. The number of nitro groups is 1. The fraction of sp³-hybridized carbons (Fsp3) is 0.400. The number of carbonyl (C=O) groups is 3. The Labute approximate surface area is 195 Å². The van der Waals surface area contributed by atoms with Crippen molar-refractivity contribution in [3.05, 3.63) is 62.7 Å². The molecule has 2 aromatic carbocycles. The van der Waals surface area contributed by atoms with E-state index in [4.69, 9.17) is 0 Å². The van der Waals surface area contributed by atoms with Crippen LogP contribution in [0.4, 0.5) is 17.1 Å². The van der Waals surface area contributed by atoms with Gasteiger partial charge in [-0.25, -0.2) is 4.90 Å². The molecule has 9 heteroatoms. The molecule has 174 valence electrons. The van der Waals surface area contributed by atoms with Crippen LogP contribution in [0.15, 0.2) is 30.3 Å². The van der Waals surface area contributed by atoms with Crippen molar-refractivity contribution in [2.24, 2.45) is 11.8 Å². The highest BCUT2D eigenvalue weighted by Gasteiger charge is 2.74. The quantitative estimate of drug-likeness (QED) is 0.419. The topological polar surface area (TPSA) is 113 Å². The number of nitro benzene ring substituents is 1.